The van der Waals surface area contributed by atoms with Crippen LogP contribution < -0.4 is 0 Å². The highest BCUT2D eigenvalue weighted by molar-refractivity contribution is 5.78. The number of carbonyl (C=O) groups is 1. The van der Waals surface area contributed by atoms with Crippen molar-refractivity contribution in [2.24, 2.45) is 0 Å². The molecule has 3 nitrogen and oxygen atoms in total. The summed E-state index contributed by atoms with van der Waals surface area (Å²) < 4.78 is 4.99. The molecule has 70 valence electrons. The van der Waals surface area contributed by atoms with Crippen LogP contribution in [0.5, 0.6) is 0 Å². The second-order valence-corrected chi connectivity index (χ2v) is 2.91. The van der Waals surface area contributed by atoms with Crippen LogP contribution in [0.2, 0.25) is 0 Å². The minimum Gasteiger partial charge on any atom is -0.479 e. The van der Waals surface area contributed by atoms with Crippen molar-refractivity contribution >= 4 is 5.97 Å². The van der Waals surface area contributed by atoms with Crippen LogP contribution in [0, 0.1) is 0 Å². The van der Waals surface area contributed by atoms with Gasteiger partial charge in [0.05, 0.1) is 0 Å². The third kappa shape index (κ3) is 1.70. The molecule has 0 saturated heterocycles. The monoisotopic (exact) mass is 180 g/mol. The van der Waals surface area contributed by atoms with Crippen molar-refractivity contribution in [3.8, 4) is 0 Å². The molecule has 3 heteroatoms. The molecule has 0 heterocycles. The first kappa shape index (κ1) is 9.74. The van der Waals surface area contributed by atoms with Gasteiger partial charge in [0.2, 0.25) is 0 Å². The molecule has 13 heavy (non-hydrogen) atoms. The lowest BCUT2D eigenvalue weighted by Gasteiger charge is -2.23. The highest BCUT2D eigenvalue weighted by atomic mass is 16.5. The van der Waals surface area contributed by atoms with E-state index in [1.54, 1.807) is 24.3 Å². The van der Waals surface area contributed by atoms with Crippen LogP contribution in [0.1, 0.15) is 12.5 Å². The van der Waals surface area contributed by atoms with Gasteiger partial charge < -0.3 is 9.84 Å². The summed E-state index contributed by atoms with van der Waals surface area (Å²) in [4.78, 5) is 10.9. The molecule has 1 rings (SSSR count). The molecule has 1 aromatic carbocycles. The largest absolute Gasteiger partial charge is 0.479 e. The molecule has 1 aromatic rings. The van der Waals surface area contributed by atoms with E-state index in [-0.39, 0.29) is 0 Å². The van der Waals surface area contributed by atoms with Crippen molar-refractivity contribution in [3.63, 3.8) is 0 Å². The van der Waals surface area contributed by atoms with Gasteiger partial charge in [-0.25, -0.2) is 4.79 Å². The first-order valence-corrected chi connectivity index (χ1v) is 3.95. The number of hydrogen-bond donors (Lipinski definition) is 1. The fourth-order valence-electron chi connectivity index (χ4n) is 1.08. The van der Waals surface area contributed by atoms with Gasteiger partial charge in [-0.05, 0) is 12.5 Å². The molecule has 1 N–H and O–H groups in total. The molecule has 0 spiro atoms. The predicted octanol–water partition coefficient (Wildman–Crippen LogP) is 1.63. The Kier molecular flexibility index (Phi) is 2.68. The summed E-state index contributed by atoms with van der Waals surface area (Å²) >= 11 is 0. The Morgan fingerprint density at radius 3 is 2.31 bits per heavy atom. The fraction of sp³-hybridized carbons (Fsp3) is 0.300. The zero-order chi connectivity index (χ0) is 9.90. The third-order valence-electron chi connectivity index (χ3n) is 2.14. The lowest BCUT2D eigenvalue weighted by molar-refractivity contribution is -0.161. The fourth-order valence-corrected chi connectivity index (χ4v) is 1.08. The summed E-state index contributed by atoms with van der Waals surface area (Å²) in [6, 6.07) is 8.88. The molecule has 0 aliphatic heterocycles. The van der Waals surface area contributed by atoms with E-state index in [2.05, 4.69) is 0 Å². The molecule has 1 unspecified atom stereocenters. The third-order valence-corrected chi connectivity index (χ3v) is 2.14. The second kappa shape index (κ2) is 3.58. The van der Waals surface area contributed by atoms with E-state index >= 15 is 0 Å². The average Bonchev–Trinajstić information content (AvgIpc) is 2.17. The van der Waals surface area contributed by atoms with Gasteiger partial charge in [-0.3, -0.25) is 0 Å². The highest BCUT2D eigenvalue weighted by Crippen LogP contribution is 2.24. The summed E-state index contributed by atoms with van der Waals surface area (Å²) in [6.07, 6.45) is 0. The Bertz CT molecular complexity index is 294. The van der Waals surface area contributed by atoms with Gasteiger partial charge in [0, 0.05) is 7.11 Å². The van der Waals surface area contributed by atoms with Crippen LogP contribution in [-0.2, 0) is 15.1 Å². The number of ether oxygens (including phenoxy) is 1. The lowest BCUT2D eigenvalue weighted by Crippen LogP contribution is -2.34. The SMILES string of the molecule is COC(C)(C(=O)O)c1ccccc1. The maximum absolute atomic E-state index is 10.9. The smallest absolute Gasteiger partial charge is 0.340 e. The predicted molar refractivity (Wildman–Crippen MR) is 48.4 cm³/mol. The molecule has 0 aliphatic carbocycles. The Hall–Kier alpha value is -1.35. The summed E-state index contributed by atoms with van der Waals surface area (Å²) in [7, 11) is 1.39. The van der Waals surface area contributed by atoms with Crippen molar-refractivity contribution in [3.05, 3.63) is 35.9 Å². The van der Waals surface area contributed by atoms with Crippen molar-refractivity contribution < 1.29 is 14.6 Å². The molecule has 0 aromatic heterocycles. The number of carboxylic acids is 1. The minimum atomic E-state index is -1.25. The van der Waals surface area contributed by atoms with Crippen molar-refractivity contribution in [2.75, 3.05) is 7.11 Å². The number of hydrogen-bond acceptors (Lipinski definition) is 2. The van der Waals surface area contributed by atoms with Crippen LogP contribution in [0.15, 0.2) is 30.3 Å². The zero-order valence-corrected chi connectivity index (χ0v) is 7.65. The number of aliphatic carboxylic acids is 1. The van der Waals surface area contributed by atoms with Gasteiger partial charge in [0.1, 0.15) is 0 Å². The van der Waals surface area contributed by atoms with Crippen molar-refractivity contribution in [1.29, 1.82) is 0 Å². The van der Waals surface area contributed by atoms with Crippen LogP contribution >= 0.6 is 0 Å². The van der Waals surface area contributed by atoms with Gasteiger partial charge in [0.25, 0.3) is 0 Å². The van der Waals surface area contributed by atoms with E-state index in [4.69, 9.17) is 9.84 Å². The first-order valence-electron chi connectivity index (χ1n) is 3.95. The van der Waals surface area contributed by atoms with Crippen molar-refractivity contribution in [1.82, 2.24) is 0 Å². The Labute approximate surface area is 77.0 Å². The second-order valence-electron chi connectivity index (χ2n) is 2.91. The Morgan fingerprint density at radius 1 is 1.38 bits per heavy atom. The molecule has 0 aliphatic rings. The molecule has 0 radical (unpaired) electrons. The molecule has 0 fully saturated rings. The van der Waals surface area contributed by atoms with Gasteiger partial charge in [-0.15, -0.1) is 0 Å². The number of rotatable bonds is 3. The first-order chi connectivity index (χ1) is 6.11. The average molecular weight is 180 g/mol. The zero-order valence-electron chi connectivity index (χ0n) is 7.65. The van der Waals surface area contributed by atoms with E-state index in [0.717, 1.165) is 0 Å². The lowest BCUT2D eigenvalue weighted by atomic mass is 9.96. The molecule has 1 atom stereocenters. The van der Waals surface area contributed by atoms with Gasteiger partial charge in [-0.2, -0.15) is 0 Å². The van der Waals surface area contributed by atoms with Crippen molar-refractivity contribution in [2.45, 2.75) is 12.5 Å². The van der Waals surface area contributed by atoms with Gasteiger partial charge >= 0.3 is 5.97 Å². The Balaban J connectivity index is 3.11. The standard InChI is InChI=1S/C10H12O3/c1-10(13-2,9(11)12)8-6-4-3-5-7-8/h3-7H,1-2H3,(H,11,12). The maximum Gasteiger partial charge on any atom is 0.340 e. The number of benzene rings is 1. The quantitative estimate of drug-likeness (QED) is 0.769. The summed E-state index contributed by atoms with van der Waals surface area (Å²) in [5.41, 5.74) is -0.605. The van der Waals surface area contributed by atoms with Crippen LogP contribution in [0.25, 0.3) is 0 Å². The van der Waals surface area contributed by atoms with Crippen LogP contribution in [0.3, 0.4) is 0 Å². The summed E-state index contributed by atoms with van der Waals surface area (Å²) in [6.45, 7) is 1.53. The highest BCUT2D eigenvalue weighted by Gasteiger charge is 2.34. The van der Waals surface area contributed by atoms with Gasteiger partial charge in [0.15, 0.2) is 5.60 Å². The van der Waals surface area contributed by atoms with Gasteiger partial charge in [-0.1, -0.05) is 30.3 Å². The Morgan fingerprint density at radius 2 is 1.92 bits per heavy atom. The number of carboxylic acid groups (broad SMARTS) is 1. The molecular weight excluding hydrogens is 168 g/mol. The summed E-state index contributed by atoms with van der Waals surface area (Å²) in [5.74, 6) is -0.985. The minimum absolute atomic E-state index is 0.644. The summed E-state index contributed by atoms with van der Waals surface area (Å²) in [5, 5.41) is 8.96. The van der Waals surface area contributed by atoms with E-state index < -0.39 is 11.6 Å². The van der Waals surface area contributed by atoms with E-state index in [1.807, 2.05) is 6.07 Å². The normalized spacial score (nSPS) is 14.9. The molecule has 0 bridgehead atoms. The van der Waals surface area contributed by atoms with E-state index in [0.29, 0.717) is 5.56 Å². The van der Waals surface area contributed by atoms with Crippen LogP contribution in [-0.4, -0.2) is 18.2 Å². The van der Waals surface area contributed by atoms with E-state index in [9.17, 15) is 4.79 Å². The maximum atomic E-state index is 10.9. The molecular formula is C10H12O3. The topological polar surface area (TPSA) is 46.5 Å². The van der Waals surface area contributed by atoms with E-state index in [1.165, 1.54) is 14.0 Å². The molecule has 0 saturated carbocycles. The van der Waals surface area contributed by atoms with Crippen LogP contribution in [0.4, 0.5) is 0 Å². The number of methoxy groups -OCH3 is 1. The molecule has 0 amide bonds.